The van der Waals surface area contributed by atoms with Gasteiger partial charge in [-0.05, 0) is 67.8 Å². The Morgan fingerprint density at radius 2 is 1.92 bits per heavy atom. The first-order chi connectivity index (χ1) is 11.5. The van der Waals surface area contributed by atoms with Gasteiger partial charge in [-0.25, -0.2) is 4.98 Å². The summed E-state index contributed by atoms with van der Waals surface area (Å²) in [5, 5.41) is 19.7. The number of aromatic amines is 1. The SMILES string of the molecule is N#CC(=Cc1cc(Br)c(O)c(Br)c1)c1nc2ccccc2c(=O)[nH]1. The van der Waals surface area contributed by atoms with E-state index in [1.165, 1.54) is 0 Å². The van der Waals surface area contributed by atoms with Crippen molar-refractivity contribution in [1.29, 1.82) is 5.26 Å². The van der Waals surface area contributed by atoms with Gasteiger partial charge in [0.1, 0.15) is 11.8 Å². The smallest absolute Gasteiger partial charge is 0.259 e. The summed E-state index contributed by atoms with van der Waals surface area (Å²) in [6.45, 7) is 0. The van der Waals surface area contributed by atoms with Crippen LogP contribution in [0.5, 0.6) is 5.75 Å². The Hall–Kier alpha value is -2.43. The molecule has 0 spiro atoms. The third-order valence-electron chi connectivity index (χ3n) is 3.34. The van der Waals surface area contributed by atoms with Gasteiger partial charge in [0, 0.05) is 0 Å². The number of rotatable bonds is 2. The molecule has 0 aliphatic rings. The van der Waals surface area contributed by atoms with Gasteiger partial charge in [-0.3, -0.25) is 4.79 Å². The maximum atomic E-state index is 12.1. The molecule has 0 amide bonds. The van der Waals surface area contributed by atoms with Crippen LogP contribution in [0.4, 0.5) is 0 Å². The van der Waals surface area contributed by atoms with Crippen LogP contribution in [0.15, 0.2) is 50.1 Å². The van der Waals surface area contributed by atoms with Gasteiger partial charge in [0.15, 0.2) is 5.82 Å². The Balaban J connectivity index is 2.16. The van der Waals surface area contributed by atoms with Crippen molar-refractivity contribution >= 4 is 54.4 Å². The first kappa shape index (κ1) is 16.4. The molecule has 1 aromatic heterocycles. The summed E-state index contributed by atoms with van der Waals surface area (Å²) in [6.07, 6.45) is 1.59. The summed E-state index contributed by atoms with van der Waals surface area (Å²) in [5.41, 5.74) is 1.09. The number of nitrogens with zero attached hydrogens (tertiary/aromatic N) is 2. The Bertz CT molecular complexity index is 1060. The summed E-state index contributed by atoms with van der Waals surface area (Å²) in [4.78, 5) is 19.1. The molecule has 3 aromatic rings. The Labute approximate surface area is 153 Å². The molecule has 1 heterocycles. The first-order valence-corrected chi connectivity index (χ1v) is 8.37. The number of aromatic hydroxyl groups is 1. The zero-order valence-electron chi connectivity index (χ0n) is 12.0. The van der Waals surface area contributed by atoms with Crippen LogP contribution >= 0.6 is 31.9 Å². The highest BCUT2D eigenvalue weighted by Crippen LogP contribution is 2.34. The van der Waals surface area contributed by atoms with Crippen LogP contribution in [-0.4, -0.2) is 15.1 Å². The summed E-state index contributed by atoms with van der Waals surface area (Å²) in [7, 11) is 0. The Morgan fingerprint density at radius 1 is 1.25 bits per heavy atom. The first-order valence-electron chi connectivity index (χ1n) is 6.79. The monoisotopic (exact) mass is 445 g/mol. The fourth-order valence-corrected chi connectivity index (χ4v) is 3.42. The number of allylic oxidation sites excluding steroid dienone is 1. The second kappa shape index (κ2) is 6.59. The molecule has 0 aliphatic heterocycles. The molecule has 0 unspecified atom stereocenters. The van der Waals surface area contributed by atoms with Gasteiger partial charge in [-0.15, -0.1) is 0 Å². The predicted molar refractivity (Wildman–Crippen MR) is 99.4 cm³/mol. The molecule has 24 heavy (non-hydrogen) atoms. The number of phenolic OH excluding ortho intramolecular Hbond substituents is 1. The number of para-hydroxylation sites is 1. The molecule has 118 valence electrons. The topological polar surface area (TPSA) is 89.8 Å². The van der Waals surface area contributed by atoms with E-state index in [2.05, 4.69) is 41.8 Å². The number of aromatic nitrogens is 2. The third kappa shape index (κ3) is 3.11. The van der Waals surface area contributed by atoms with Gasteiger partial charge in [0.05, 0.1) is 25.4 Å². The summed E-state index contributed by atoms with van der Waals surface area (Å²) in [5.74, 6) is 0.268. The van der Waals surface area contributed by atoms with Crippen molar-refractivity contribution in [3.8, 4) is 11.8 Å². The van der Waals surface area contributed by atoms with Crippen LogP contribution < -0.4 is 5.56 Å². The molecule has 2 aromatic carbocycles. The van der Waals surface area contributed by atoms with Crippen molar-refractivity contribution in [3.63, 3.8) is 0 Å². The fraction of sp³-hybridized carbons (Fsp3) is 0. The van der Waals surface area contributed by atoms with Crippen molar-refractivity contribution in [1.82, 2.24) is 9.97 Å². The molecular weight excluding hydrogens is 438 g/mol. The van der Waals surface area contributed by atoms with Crippen LogP contribution in [0.3, 0.4) is 0 Å². The number of benzene rings is 2. The van der Waals surface area contributed by atoms with Gasteiger partial charge in [-0.1, -0.05) is 12.1 Å². The second-order valence-electron chi connectivity index (χ2n) is 4.93. The zero-order chi connectivity index (χ0) is 17.3. The number of H-pyrrole nitrogens is 1. The Morgan fingerprint density at radius 3 is 2.58 bits per heavy atom. The van der Waals surface area contributed by atoms with E-state index in [0.717, 1.165) is 0 Å². The number of phenols is 1. The number of hydrogen-bond donors (Lipinski definition) is 2. The average molecular weight is 447 g/mol. The molecule has 0 bridgehead atoms. The van der Waals surface area contributed by atoms with E-state index >= 15 is 0 Å². The van der Waals surface area contributed by atoms with Crippen LogP contribution in [0.2, 0.25) is 0 Å². The van der Waals surface area contributed by atoms with Crippen LogP contribution in [0.1, 0.15) is 11.4 Å². The van der Waals surface area contributed by atoms with Gasteiger partial charge in [-0.2, -0.15) is 5.26 Å². The molecular formula is C17H9Br2N3O2. The van der Waals surface area contributed by atoms with E-state index < -0.39 is 0 Å². The van der Waals surface area contributed by atoms with E-state index in [1.54, 1.807) is 42.5 Å². The van der Waals surface area contributed by atoms with E-state index in [9.17, 15) is 15.2 Å². The maximum Gasteiger partial charge on any atom is 0.259 e. The fourth-order valence-electron chi connectivity index (χ4n) is 2.20. The molecule has 0 fully saturated rings. The molecule has 5 nitrogen and oxygen atoms in total. The van der Waals surface area contributed by atoms with E-state index in [0.29, 0.717) is 25.4 Å². The lowest BCUT2D eigenvalue weighted by atomic mass is 10.1. The maximum absolute atomic E-state index is 12.1. The third-order valence-corrected chi connectivity index (χ3v) is 4.55. The standard InChI is InChI=1S/C17H9Br2N3O2/c18-12-6-9(7-13(19)15(12)23)5-10(8-20)16-21-14-4-2-1-3-11(14)17(24)22-16/h1-7,23H,(H,21,22,24). The van der Waals surface area contributed by atoms with E-state index in [4.69, 9.17) is 0 Å². The van der Waals surface area contributed by atoms with Gasteiger partial charge in [0.2, 0.25) is 0 Å². The van der Waals surface area contributed by atoms with Crippen molar-refractivity contribution in [2.75, 3.05) is 0 Å². The minimum atomic E-state index is -0.301. The van der Waals surface area contributed by atoms with Crippen molar-refractivity contribution in [3.05, 3.63) is 67.1 Å². The van der Waals surface area contributed by atoms with Gasteiger partial charge >= 0.3 is 0 Å². The lowest BCUT2D eigenvalue weighted by Gasteiger charge is -2.04. The molecule has 0 atom stereocenters. The zero-order valence-corrected chi connectivity index (χ0v) is 15.2. The largest absolute Gasteiger partial charge is 0.506 e. The van der Waals surface area contributed by atoms with Crippen LogP contribution in [0.25, 0.3) is 22.6 Å². The highest BCUT2D eigenvalue weighted by Gasteiger charge is 2.10. The second-order valence-corrected chi connectivity index (χ2v) is 6.64. The molecule has 3 rings (SSSR count). The lowest BCUT2D eigenvalue weighted by Crippen LogP contribution is -2.11. The predicted octanol–water partition coefficient (Wildman–Crippen LogP) is 4.22. The molecule has 0 saturated carbocycles. The van der Waals surface area contributed by atoms with Gasteiger partial charge in [0.25, 0.3) is 5.56 Å². The number of nitriles is 1. The van der Waals surface area contributed by atoms with Crippen molar-refractivity contribution in [2.45, 2.75) is 0 Å². The molecule has 2 N–H and O–H groups in total. The van der Waals surface area contributed by atoms with E-state index in [-0.39, 0.29) is 22.7 Å². The highest BCUT2D eigenvalue weighted by atomic mass is 79.9. The Kier molecular flexibility index (Phi) is 4.51. The normalized spacial score (nSPS) is 11.5. The van der Waals surface area contributed by atoms with Crippen LogP contribution in [-0.2, 0) is 0 Å². The lowest BCUT2D eigenvalue weighted by molar-refractivity contribution is 0.468. The number of nitrogens with one attached hydrogen (secondary N) is 1. The summed E-state index contributed by atoms with van der Waals surface area (Å²) in [6, 6.07) is 12.3. The number of halogens is 2. The molecule has 7 heteroatoms. The average Bonchev–Trinajstić information content (AvgIpc) is 2.57. The molecule has 0 aliphatic carbocycles. The van der Waals surface area contributed by atoms with Gasteiger partial charge < -0.3 is 10.1 Å². The summed E-state index contributed by atoms with van der Waals surface area (Å²) >= 11 is 6.49. The minimum absolute atomic E-state index is 0.0721. The minimum Gasteiger partial charge on any atom is -0.506 e. The van der Waals surface area contributed by atoms with E-state index in [1.807, 2.05) is 6.07 Å². The number of hydrogen-bond acceptors (Lipinski definition) is 4. The van der Waals surface area contributed by atoms with Crippen molar-refractivity contribution in [2.24, 2.45) is 0 Å². The molecule has 0 radical (unpaired) electrons. The van der Waals surface area contributed by atoms with Crippen LogP contribution in [0, 0.1) is 11.3 Å². The highest BCUT2D eigenvalue weighted by molar-refractivity contribution is 9.11. The summed E-state index contributed by atoms with van der Waals surface area (Å²) < 4.78 is 0.973. The number of fused-ring (bicyclic) bond motifs is 1. The quantitative estimate of drug-likeness (QED) is 0.576. The van der Waals surface area contributed by atoms with Crippen molar-refractivity contribution < 1.29 is 5.11 Å². The molecule has 0 saturated heterocycles.